The first kappa shape index (κ1) is 16.1. The van der Waals surface area contributed by atoms with Crippen molar-refractivity contribution in [3.8, 4) is 0 Å². The molecule has 5 heteroatoms. The molecule has 2 aromatic heterocycles. The van der Waals surface area contributed by atoms with Gasteiger partial charge in [-0.1, -0.05) is 25.1 Å². The summed E-state index contributed by atoms with van der Waals surface area (Å²) < 4.78 is 0. The third kappa shape index (κ3) is 3.74. The molecule has 5 nitrogen and oxygen atoms in total. The lowest BCUT2D eigenvalue weighted by molar-refractivity contribution is 0.192. The molecule has 3 rings (SSSR count). The molecule has 2 heterocycles. The predicted octanol–water partition coefficient (Wildman–Crippen LogP) is 3.68. The van der Waals surface area contributed by atoms with E-state index in [1.807, 2.05) is 42.3 Å². The van der Waals surface area contributed by atoms with Crippen LogP contribution in [0.25, 0.3) is 10.9 Å². The highest BCUT2D eigenvalue weighted by molar-refractivity contribution is 5.83. The van der Waals surface area contributed by atoms with Crippen LogP contribution in [-0.2, 0) is 13.1 Å². The third-order valence-corrected chi connectivity index (χ3v) is 3.96. The van der Waals surface area contributed by atoms with E-state index in [2.05, 4.69) is 27.4 Å². The summed E-state index contributed by atoms with van der Waals surface area (Å²) in [4.78, 5) is 21.8. The minimum atomic E-state index is -0.0479. The average Bonchev–Trinajstić information content (AvgIpc) is 3.09. The van der Waals surface area contributed by atoms with Crippen LogP contribution < -0.4 is 5.32 Å². The minimum Gasteiger partial charge on any atom is -0.361 e. The smallest absolute Gasteiger partial charge is 0.318 e. The second-order valence-corrected chi connectivity index (χ2v) is 5.81. The van der Waals surface area contributed by atoms with Gasteiger partial charge in [-0.2, -0.15) is 0 Å². The maximum absolute atomic E-state index is 12.6. The lowest BCUT2D eigenvalue weighted by Gasteiger charge is -2.23. The summed E-state index contributed by atoms with van der Waals surface area (Å²) in [5.41, 5.74) is 3.23. The largest absolute Gasteiger partial charge is 0.361 e. The van der Waals surface area contributed by atoms with Crippen molar-refractivity contribution in [2.45, 2.75) is 26.4 Å². The van der Waals surface area contributed by atoms with Crippen LogP contribution in [-0.4, -0.2) is 27.4 Å². The molecule has 0 atom stereocenters. The van der Waals surface area contributed by atoms with E-state index in [9.17, 15) is 4.79 Å². The summed E-state index contributed by atoms with van der Waals surface area (Å²) in [5.74, 6) is 0. The van der Waals surface area contributed by atoms with E-state index in [0.717, 1.165) is 28.5 Å². The van der Waals surface area contributed by atoms with Crippen molar-refractivity contribution in [3.05, 3.63) is 66.1 Å². The molecule has 0 unspecified atom stereocenters. The van der Waals surface area contributed by atoms with Crippen molar-refractivity contribution in [2.24, 2.45) is 0 Å². The zero-order chi connectivity index (χ0) is 16.8. The topological polar surface area (TPSA) is 61.0 Å². The second kappa shape index (κ2) is 7.64. The number of hydrogen-bond acceptors (Lipinski definition) is 2. The molecule has 0 saturated heterocycles. The highest BCUT2D eigenvalue weighted by Gasteiger charge is 2.15. The number of fused-ring (bicyclic) bond motifs is 1. The Kier molecular flexibility index (Phi) is 5.11. The van der Waals surface area contributed by atoms with Crippen LogP contribution in [0, 0.1) is 0 Å². The highest BCUT2D eigenvalue weighted by atomic mass is 16.2. The normalized spacial score (nSPS) is 10.7. The third-order valence-electron chi connectivity index (χ3n) is 3.96. The van der Waals surface area contributed by atoms with Gasteiger partial charge in [-0.25, -0.2) is 4.79 Å². The van der Waals surface area contributed by atoms with Gasteiger partial charge < -0.3 is 15.2 Å². The van der Waals surface area contributed by atoms with Gasteiger partial charge in [0.15, 0.2) is 0 Å². The summed E-state index contributed by atoms with van der Waals surface area (Å²) >= 11 is 0. The van der Waals surface area contributed by atoms with Gasteiger partial charge in [-0.3, -0.25) is 4.98 Å². The summed E-state index contributed by atoms with van der Waals surface area (Å²) in [6, 6.07) is 12.0. The van der Waals surface area contributed by atoms with Gasteiger partial charge in [0.05, 0.1) is 0 Å². The van der Waals surface area contributed by atoms with Gasteiger partial charge in [0.1, 0.15) is 0 Å². The molecule has 0 aliphatic rings. The number of carbonyl (C=O) groups is 1. The molecule has 0 aliphatic carbocycles. The molecule has 1 aromatic carbocycles. The van der Waals surface area contributed by atoms with Crippen LogP contribution in [0.5, 0.6) is 0 Å². The van der Waals surface area contributed by atoms with Crippen LogP contribution >= 0.6 is 0 Å². The molecule has 0 radical (unpaired) electrons. The Balaban J connectivity index is 1.83. The number of benzene rings is 1. The van der Waals surface area contributed by atoms with Crippen LogP contribution in [0.3, 0.4) is 0 Å². The summed E-state index contributed by atoms with van der Waals surface area (Å²) in [7, 11) is 0. The SMILES string of the molecule is CCCNC(=O)N(Cc1cccnc1)Cc1cccc2[nH]ccc12. The Morgan fingerprint density at radius 2 is 2.12 bits per heavy atom. The Morgan fingerprint density at radius 3 is 2.92 bits per heavy atom. The molecular weight excluding hydrogens is 300 g/mol. The van der Waals surface area contributed by atoms with Gasteiger partial charge in [-0.15, -0.1) is 0 Å². The van der Waals surface area contributed by atoms with E-state index in [-0.39, 0.29) is 6.03 Å². The Labute approximate surface area is 141 Å². The molecule has 0 fully saturated rings. The van der Waals surface area contributed by atoms with E-state index in [1.165, 1.54) is 0 Å². The van der Waals surface area contributed by atoms with Crippen LogP contribution in [0.1, 0.15) is 24.5 Å². The van der Waals surface area contributed by atoms with Crippen molar-refractivity contribution in [1.82, 2.24) is 20.2 Å². The number of nitrogens with one attached hydrogen (secondary N) is 2. The average molecular weight is 322 g/mol. The quantitative estimate of drug-likeness (QED) is 0.727. The highest BCUT2D eigenvalue weighted by Crippen LogP contribution is 2.20. The molecule has 24 heavy (non-hydrogen) atoms. The summed E-state index contributed by atoms with van der Waals surface area (Å²) in [5, 5.41) is 4.12. The number of H-pyrrole nitrogens is 1. The van der Waals surface area contributed by atoms with Crippen molar-refractivity contribution < 1.29 is 4.79 Å². The van der Waals surface area contributed by atoms with Crippen molar-refractivity contribution in [1.29, 1.82) is 0 Å². The predicted molar refractivity (Wildman–Crippen MR) is 95.5 cm³/mol. The fourth-order valence-electron chi connectivity index (χ4n) is 2.75. The van der Waals surface area contributed by atoms with E-state index in [0.29, 0.717) is 19.6 Å². The first-order valence-electron chi connectivity index (χ1n) is 8.24. The molecule has 3 aromatic rings. The molecule has 0 spiro atoms. The summed E-state index contributed by atoms with van der Waals surface area (Å²) in [6.45, 7) is 3.81. The Hall–Kier alpha value is -2.82. The summed E-state index contributed by atoms with van der Waals surface area (Å²) in [6.07, 6.45) is 6.39. The van der Waals surface area contributed by atoms with Gasteiger partial charge in [0, 0.05) is 49.1 Å². The van der Waals surface area contributed by atoms with Crippen LogP contribution in [0.15, 0.2) is 55.0 Å². The molecule has 2 N–H and O–H groups in total. The zero-order valence-electron chi connectivity index (χ0n) is 13.8. The maximum atomic E-state index is 12.6. The monoisotopic (exact) mass is 322 g/mol. The number of carbonyl (C=O) groups excluding carboxylic acids is 1. The molecule has 124 valence electrons. The minimum absolute atomic E-state index is 0.0479. The van der Waals surface area contributed by atoms with E-state index >= 15 is 0 Å². The number of rotatable bonds is 6. The molecule has 2 amide bonds. The van der Waals surface area contributed by atoms with Crippen molar-refractivity contribution >= 4 is 16.9 Å². The maximum Gasteiger partial charge on any atom is 0.318 e. The van der Waals surface area contributed by atoms with Gasteiger partial charge in [-0.05, 0) is 35.7 Å². The molecule has 0 bridgehead atoms. The Morgan fingerprint density at radius 1 is 1.21 bits per heavy atom. The van der Waals surface area contributed by atoms with Gasteiger partial charge >= 0.3 is 6.03 Å². The first-order chi connectivity index (χ1) is 11.8. The standard InChI is InChI=1S/C19H22N4O/c1-2-9-22-19(24)23(13-15-5-4-10-20-12-15)14-16-6-3-7-18-17(16)8-11-21-18/h3-8,10-12,21H,2,9,13-14H2,1H3,(H,22,24). The second-order valence-electron chi connectivity index (χ2n) is 5.81. The van der Waals surface area contributed by atoms with E-state index in [1.54, 1.807) is 12.4 Å². The number of amides is 2. The number of pyridine rings is 1. The van der Waals surface area contributed by atoms with Gasteiger partial charge in [0.2, 0.25) is 0 Å². The Bertz CT molecular complexity index is 797. The molecular formula is C19H22N4O. The lowest BCUT2D eigenvalue weighted by atomic mass is 10.1. The number of urea groups is 1. The van der Waals surface area contributed by atoms with Crippen molar-refractivity contribution in [2.75, 3.05) is 6.54 Å². The number of hydrogen-bond donors (Lipinski definition) is 2. The number of aromatic amines is 1. The lowest BCUT2D eigenvalue weighted by Crippen LogP contribution is -2.39. The molecule has 0 aliphatic heterocycles. The van der Waals surface area contributed by atoms with Crippen molar-refractivity contribution in [3.63, 3.8) is 0 Å². The number of aromatic nitrogens is 2. The van der Waals surface area contributed by atoms with Crippen LogP contribution in [0.2, 0.25) is 0 Å². The van der Waals surface area contributed by atoms with E-state index in [4.69, 9.17) is 0 Å². The van der Waals surface area contributed by atoms with Gasteiger partial charge in [0.25, 0.3) is 0 Å². The molecule has 0 saturated carbocycles. The zero-order valence-corrected chi connectivity index (χ0v) is 13.8. The van der Waals surface area contributed by atoms with E-state index < -0.39 is 0 Å². The first-order valence-corrected chi connectivity index (χ1v) is 8.24. The fraction of sp³-hybridized carbons (Fsp3) is 0.263. The number of nitrogens with zero attached hydrogens (tertiary/aromatic N) is 2. The van der Waals surface area contributed by atoms with Crippen LogP contribution in [0.4, 0.5) is 4.79 Å². The fourth-order valence-corrected chi connectivity index (χ4v) is 2.75.